The maximum Gasteiger partial charge on any atom is 0.338 e. The van der Waals surface area contributed by atoms with Crippen LogP contribution in [0.1, 0.15) is 42.6 Å². The number of carbonyl (C=O) groups is 1. The standard InChI is InChI=1S/C18H22BrNO5S/c1-5-24-18(21)14-7-9-17(16(19)10-14)26(22,23)20(12(2)3)11-15-8-6-13(4)25-15/h6-10,12H,5,11H2,1-4H3. The van der Waals surface area contributed by atoms with Crippen molar-refractivity contribution in [2.24, 2.45) is 0 Å². The van der Waals surface area contributed by atoms with Crippen LogP contribution in [0.3, 0.4) is 0 Å². The van der Waals surface area contributed by atoms with Crippen LogP contribution >= 0.6 is 15.9 Å². The van der Waals surface area contributed by atoms with Gasteiger partial charge in [-0.15, -0.1) is 0 Å². The fourth-order valence-corrected chi connectivity index (χ4v) is 5.09. The van der Waals surface area contributed by atoms with Gasteiger partial charge in [0, 0.05) is 10.5 Å². The van der Waals surface area contributed by atoms with Crippen molar-refractivity contribution in [3.05, 3.63) is 51.9 Å². The SMILES string of the molecule is CCOC(=O)c1ccc(S(=O)(=O)N(Cc2ccc(C)o2)C(C)C)c(Br)c1. The second kappa shape index (κ2) is 8.37. The summed E-state index contributed by atoms with van der Waals surface area (Å²) in [7, 11) is -3.80. The molecule has 0 atom stereocenters. The van der Waals surface area contributed by atoms with E-state index >= 15 is 0 Å². The van der Waals surface area contributed by atoms with E-state index in [2.05, 4.69) is 15.9 Å². The summed E-state index contributed by atoms with van der Waals surface area (Å²) < 4.78 is 38.4. The molecule has 1 heterocycles. The number of benzene rings is 1. The molecule has 0 bridgehead atoms. The smallest absolute Gasteiger partial charge is 0.338 e. The molecule has 6 nitrogen and oxygen atoms in total. The Morgan fingerprint density at radius 3 is 2.46 bits per heavy atom. The van der Waals surface area contributed by atoms with Gasteiger partial charge in [-0.1, -0.05) is 0 Å². The van der Waals surface area contributed by atoms with Gasteiger partial charge in [0.15, 0.2) is 0 Å². The van der Waals surface area contributed by atoms with E-state index in [1.165, 1.54) is 22.5 Å². The fraction of sp³-hybridized carbons (Fsp3) is 0.389. The van der Waals surface area contributed by atoms with E-state index in [1.807, 2.05) is 6.92 Å². The highest BCUT2D eigenvalue weighted by atomic mass is 79.9. The van der Waals surface area contributed by atoms with Crippen molar-refractivity contribution in [2.45, 2.75) is 45.2 Å². The monoisotopic (exact) mass is 443 g/mol. The molecular weight excluding hydrogens is 422 g/mol. The van der Waals surface area contributed by atoms with Gasteiger partial charge in [-0.2, -0.15) is 4.31 Å². The van der Waals surface area contributed by atoms with E-state index in [0.717, 1.165) is 5.76 Å². The first-order valence-corrected chi connectivity index (χ1v) is 10.4. The second-order valence-electron chi connectivity index (χ2n) is 6.02. The van der Waals surface area contributed by atoms with E-state index in [1.54, 1.807) is 32.9 Å². The molecular formula is C18H22BrNO5S. The van der Waals surface area contributed by atoms with Crippen LogP contribution in [0.25, 0.3) is 0 Å². The molecule has 8 heteroatoms. The molecule has 0 aliphatic heterocycles. The number of rotatable bonds is 7. The third kappa shape index (κ3) is 4.55. The summed E-state index contributed by atoms with van der Waals surface area (Å²) in [6.45, 7) is 7.49. The van der Waals surface area contributed by atoms with Crippen LogP contribution in [-0.4, -0.2) is 31.3 Å². The first-order chi connectivity index (χ1) is 12.2. The molecule has 0 aliphatic rings. The predicted octanol–water partition coefficient (Wildman–Crippen LogP) is 4.13. The van der Waals surface area contributed by atoms with Gasteiger partial charge in [-0.25, -0.2) is 13.2 Å². The highest BCUT2D eigenvalue weighted by Gasteiger charge is 2.30. The number of sulfonamides is 1. The highest BCUT2D eigenvalue weighted by Crippen LogP contribution is 2.29. The molecule has 2 rings (SSSR count). The zero-order valence-electron chi connectivity index (χ0n) is 15.2. The molecule has 0 spiro atoms. The minimum atomic E-state index is -3.80. The van der Waals surface area contributed by atoms with Gasteiger partial charge in [-0.05, 0) is 74.0 Å². The lowest BCUT2D eigenvalue weighted by Crippen LogP contribution is -2.36. The lowest BCUT2D eigenvalue weighted by atomic mass is 10.2. The summed E-state index contributed by atoms with van der Waals surface area (Å²) in [6.07, 6.45) is 0. The Morgan fingerprint density at radius 2 is 1.96 bits per heavy atom. The molecule has 0 unspecified atom stereocenters. The second-order valence-corrected chi connectivity index (χ2v) is 8.74. The van der Waals surface area contributed by atoms with E-state index in [-0.39, 0.29) is 29.7 Å². The van der Waals surface area contributed by atoms with Gasteiger partial charge >= 0.3 is 5.97 Å². The fourth-order valence-electron chi connectivity index (χ4n) is 2.45. The lowest BCUT2D eigenvalue weighted by molar-refractivity contribution is 0.0526. The van der Waals surface area contributed by atoms with Gasteiger partial charge in [0.25, 0.3) is 0 Å². The van der Waals surface area contributed by atoms with Crippen molar-refractivity contribution < 1.29 is 22.4 Å². The summed E-state index contributed by atoms with van der Waals surface area (Å²) >= 11 is 3.27. The topological polar surface area (TPSA) is 76.8 Å². The Labute approximate surface area is 162 Å². The molecule has 0 saturated carbocycles. The van der Waals surface area contributed by atoms with Crippen LogP contribution in [-0.2, 0) is 21.3 Å². The van der Waals surface area contributed by atoms with E-state index in [0.29, 0.717) is 10.2 Å². The highest BCUT2D eigenvalue weighted by molar-refractivity contribution is 9.10. The molecule has 0 fully saturated rings. The number of hydrogen-bond donors (Lipinski definition) is 0. The normalized spacial score (nSPS) is 12.0. The molecule has 0 aliphatic carbocycles. The molecule has 2 aromatic rings. The van der Waals surface area contributed by atoms with Crippen LogP contribution in [0.5, 0.6) is 0 Å². The Hall–Kier alpha value is -1.64. The van der Waals surface area contributed by atoms with Crippen LogP contribution in [0.15, 0.2) is 44.1 Å². The Kier molecular flexibility index (Phi) is 6.65. The minimum Gasteiger partial charge on any atom is -0.465 e. The van der Waals surface area contributed by atoms with Crippen LogP contribution in [0.2, 0.25) is 0 Å². The maximum atomic E-state index is 13.2. The quantitative estimate of drug-likeness (QED) is 0.601. The largest absolute Gasteiger partial charge is 0.465 e. The summed E-state index contributed by atoms with van der Waals surface area (Å²) in [5.74, 6) is 0.795. The summed E-state index contributed by atoms with van der Waals surface area (Å²) in [6, 6.07) is 7.60. The number of esters is 1. The summed E-state index contributed by atoms with van der Waals surface area (Å²) in [5, 5.41) is 0. The molecule has 0 N–H and O–H groups in total. The zero-order chi connectivity index (χ0) is 19.5. The van der Waals surface area contributed by atoms with Crippen LogP contribution < -0.4 is 0 Å². The number of halogens is 1. The minimum absolute atomic E-state index is 0.0857. The lowest BCUT2D eigenvalue weighted by Gasteiger charge is -2.25. The van der Waals surface area contributed by atoms with Crippen molar-refractivity contribution in [1.82, 2.24) is 4.31 Å². The molecule has 0 saturated heterocycles. The van der Waals surface area contributed by atoms with Crippen molar-refractivity contribution in [2.75, 3.05) is 6.61 Å². The Bertz CT molecular complexity index is 889. The molecule has 26 heavy (non-hydrogen) atoms. The molecule has 0 radical (unpaired) electrons. The van der Waals surface area contributed by atoms with Gasteiger partial charge < -0.3 is 9.15 Å². The summed E-state index contributed by atoms with van der Waals surface area (Å²) in [4.78, 5) is 11.9. The average molecular weight is 444 g/mol. The number of ether oxygens (including phenoxy) is 1. The van der Waals surface area contributed by atoms with Crippen LogP contribution in [0, 0.1) is 6.92 Å². The van der Waals surface area contributed by atoms with Crippen LogP contribution in [0.4, 0.5) is 0 Å². The van der Waals surface area contributed by atoms with Crippen molar-refractivity contribution >= 4 is 31.9 Å². The molecule has 0 amide bonds. The number of carbonyl (C=O) groups excluding carboxylic acids is 1. The van der Waals surface area contributed by atoms with Crippen molar-refractivity contribution in [3.8, 4) is 0 Å². The van der Waals surface area contributed by atoms with E-state index in [9.17, 15) is 13.2 Å². The number of furan rings is 1. The zero-order valence-corrected chi connectivity index (χ0v) is 17.6. The van der Waals surface area contributed by atoms with Gasteiger partial charge in [0.2, 0.25) is 10.0 Å². The summed E-state index contributed by atoms with van der Waals surface area (Å²) in [5.41, 5.74) is 0.287. The third-order valence-corrected chi connectivity index (χ3v) is 6.71. The predicted molar refractivity (Wildman–Crippen MR) is 101 cm³/mol. The maximum absolute atomic E-state index is 13.2. The van der Waals surface area contributed by atoms with Gasteiger partial charge in [0.1, 0.15) is 11.5 Å². The van der Waals surface area contributed by atoms with Gasteiger partial charge in [-0.3, -0.25) is 0 Å². The molecule has 142 valence electrons. The Morgan fingerprint density at radius 1 is 1.27 bits per heavy atom. The number of nitrogens with zero attached hydrogens (tertiary/aromatic N) is 1. The van der Waals surface area contributed by atoms with Crippen molar-refractivity contribution in [1.29, 1.82) is 0 Å². The van der Waals surface area contributed by atoms with Crippen molar-refractivity contribution in [3.63, 3.8) is 0 Å². The first kappa shape index (κ1) is 20.7. The average Bonchev–Trinajstić information content (AvgIpc) is 2.97. The third-order valence-electron chi connectivity index (χ3n) is 3.71. The van der Waals surface area contributed by atoms with E-state index in [4.69, 9.17) is 9.15 Å². The molecule has 1 aromatic heterocycles. The molecule has 1 aromatic carbocycles. The number of hydrogen-bond acceptors (Lipinski definition) is 5. The Balaban J connectivity index is 2.38. The number of aryl methyl sites for hydroxylation is 1. The first-order valence-electron chi connectivity index (χ1n) is 8.20. The van der Waals surface area contributed by atoms with Gasteiger partial charge in [0.05, 0.1) is 23.6 Å². The van der Waals surface area contributed by atoms with E-state index < -0.39 is 16.0 Å².